The Morgan fingerprint density at radius 3 is 2.35 bits per heavy atom. The van der Waals surface area contributed by atoms with Gasteiger partial charge in [0.15, 0.2) is 0 Å². The molecule has 0 bridgehead atoms. The van der Waals surface area contributed by atoms with Gasteiger partial charge in [0.05, 0.1) is 12.7 Å². The highest BCUT2D eigenvalue weighted by atomic mass is 19.1. The van der Waals surface area contributed by atoms with Crippen molar-refractivity contribution in [1.29, 1.82) is 0 Å². The Hall–Kier alpha value is -2.27. The number of amides is 1. The van der Waals surface area contributed by atoms with Crippen LogP contribution in [0.2, 0.25) is 0 Å². The number of carbonyl (C=O) groups excluding carboxylic acids is 1. The molecule has 0 unspecified atom stereocenters. The van der Waals surface area contributed by atoms with Gasteiger partial charge in [-0.1, -0.05) is 35.9 Å². The van der Waals surface area contributed by atoms with Gasteiger partial charge in [0.2, 0.25) is 0 Å². The molecule has 1 aliphatic rings. The van der Waals surface area contributed by atoms with E-state index in [1.165, 1.54) is 16.5 Å². The Balaban J connectivity index is 1.53. The van der Waals surface area contributed by atoms with E-state index >= 15 is 0 Å². The van der Waals surface area contributed by atoms with E-state index in [-0.39, 0.29) is 6.10 Å². The molecule has 5 heteroatoms. The van der Waals surface area contributed by atoms with Crippen molar-refractivity contribution in [3.8, 4) is 0 Å². The quantitative estimate of drug-likeness (QED) is 0.866. The minimum absolute atomic E-state index is 0.102. The molecule has 0 saturated carbocycles. The van der Waals surface area contributed by atoms with E-state index in [0.717, 1.165) is 17.7 Å². The maximum absolute atomic E-state index is 13.6. The normalized spacial score (nSPS) is 14.7. The van der Waals surface area contributed by atoms with Crippen LogP contribution < -0.4 is 0 Å². The number of ether oxygens (including phenoxy) is 1. The molecule has 1 heterocycles. The molecular formula is C18H17F2NO2. The number of halogens is 2. The molecule has 1 aliphatic heterocycles. The van der Waals surface area contributed by atoms with Crippen molar-refractivity contribution in [3.63, 3.8) is 0 Å². The topological polar surface area (TPSA) is 29.5 Å². The fraction of sp³-hybridized carbons (Fsp3) is 0.278. The smallest absolute Gasteiger partial charge is 0.260 e. The molecule has 0 aromatic heterocycles. The molecule has 23 heavy (non-hydrogen) atoms. The third-order valence-electron chi connectivity index (χ3n) is 3.92. The minimum atomic E-state index is -0.834. The lowest BCUT2D eigenvalue weighted by Gasteiger charge is -2.39. The van der Waals surface area contributed by atoms with Crippen molar-refractivity contribution in [1.82, 2.24) is 4.90 Å². The van der Waals surface area contributed by atoms with Gasteiger partial charge in [-0.2, -0.15) is 0 Å². The molecule has 0 N–H and O–H groups in total. The van der Waals surface area contributed by atoms with Crippen LogP contribution in [0.1, 0.15) is 21.5 Å². The standard InChI is InChI=1S/C18H17F2NO2/c1-12-5-7-13(8-6-12)11-23-14-9-21(10-14)18(22)17-15(19)3-2-4-16(17)20/h2-8,14H,9-11H2,1H3. The van der Waals surface area contributed by atoms with Crippen LogP contribution >= 0.6 is 0 Å². The van der Waals surface area contributed by atoms with Crippen molar-refractivity contribution in [3.05, 3.63) is 70.8 Å². The summed E-state index contributed by atoms with van der Waals surface area (Å²) in [5.41, 5.74) is 1.74. The fourth-order valence-corrected chi connectivity index (χ4v) is 2.47. The van der Waals surface area contributed by atoms with Gasteiger partial charge in [0, 0.05) is 13.1 Å². The first kappa shape index (κ1) is 15.6. The third-order valence-corrected chi connectivity index (χ3v) is 3.92. The molecule has 0 radical (unpaired) electrons. The summed E-state index contributed by atoms with van der Waals surface area (Å²) in [6, 6.07) is 11.4. The SMILES string of the molecule is Cc1ccc(COC2CN(C(=O)c3c(F)cccc3F)C2)cc1. The number of aryl methyl sites for hydroxylation is 1. The lowest BCUT2D eigenvalue weighted by molar-refractivity contribution is -0.0505. The number of benzene rings is 2. The van der Waals surface area contributed by atoms with E-state index in [4.69, 9.17) is 4.74 Å². The first-order chi connectivity index (χ1) is 11.0. The Labute approximate surface area is 133 Å². The van der Waals surface area contributed by atoms with Crippen LogP contribution in [0.3, 0.4) is 0 Å². The number of carbonyl (C=O) groups is 1. The van der Waals surface area contributed by atoms with E-state index in [0.29, 0.717) is 19.7 Å². The molecule has 1 saturated heterocycles. The number of hydrogen-bond acceptors (Lipinski definition) is 2. The van der Waals surface area contributed by atoms with Gasteiger partial charge in [-0.05, 0) is 24.6 Å². The average molecular weight is 317 g/mol. The van der Waals surface area contributed by atoms with Crippen LogP contribution in [-0.2, 0) is 11.3 Å². The molecule has 1 amide bonds. The zero-order valence-corrected chi connectivity index (χ0v) is 12.8. The summed E-state index contributed by atoms with van der Waals surface area (Å²) in [4.78, 5) is 13.5. The van der Waals surface area contributed by atoms with Crippen LogP contribution in [0.5, 0.6) is 0 Å². The third kappa shape index (κ3) is 3.40. The van der Waals surface area contributed by atoms with E-state index in [1.54, 1.807) is 0 Å². The number of nitrogens with zero attached hydrogens (tertiary/aromatic N) is 1. The summed E-state index contributed by atoms with van der Waals surface area (Å²) < 4.78 is 32.9. The van der Waals surface area contributed by atoms with Gasteiger partial charge >= 0.3 is 0 Å². The van der Waals surface area contributed by atoms with Gasteiger partial charge in [-0.25, -0.2) is 8.78 Å². The molecular weight excluding hydrogens is 300 g/mol. The Kier molecular flexibility index (Phi) is 4.39. The van der Waals surface area contributed by atoms with Crippen LogP contribution in [0, 0.1) is 18.6 Å². The van der Waals surface area contributed by atoms with E-state index in [9.17, 15) is 13.6 Å². The Morgan fingerprint density at radius 2 is 1.74 bits per heavy atom. The van der Waals surface area contributed by atoms with Crippen molar-refractivity contribution in [2.45, 2.75) is 19.6 Å². The molecule has 0 aliphatic carbocycles. The first-order valence-electron chi connectivity index (χ1n) is 7.45. The van der Waals surface area contributed by atoms with E-state index < -0.39 is 23.1 Å². The molecule has 3 nitrogen and oxygen atoms in total. The second-order valence-electron chi connectivity index (χ2n) is 5.73. The second-order valence-corrected chi connectivity index (χ2v) is 5.73. The van der Waals surface area contributed by atoms with Crippen molar-refractivity contribution >= 4 is 5.91 Å². The molecule has 0 spiro atoms. The fourth-order valence-electron chi connectivity index (χ4n) is 2.47. The van der Waals surface area contributed by atoms with Gasteiger partial charge in [0.25, 0.3) is 5.91 Å². The molecule has 0 atom stereocenters. The van der Waals surface area contributed by atoms with E-state index in [2.05, 4.69) is 0 Å². The van der Waals surface area contributed by atoms with E-state index in [1.807, 2.05) is 31.2 Å². The lowest BCUT2D eigenvalue weighted by atomic mass is 10.1. The zero-order valence-electron chi connectivity index (χ0n) is 12.8. The number of likely N-dealkylation sites (tertiary alicyclic amines) is 1. The number of rotatable bonds is 4. The van der Waals surface area contributed by atoms with Gasteiger partial charge < -0.3 is 9.64 Å². The van der Waals surface area contributed by atoms with Crippen molar-refractivity contribution in [2.24, 2.45) is 0 Å². The highest BCUT2D eigenvalue weighted by Crippen LogP contribution is 2.21. The monoisotopic (exact) mass is 317 g/mol. The molecule has 2 aromatic carbocycles. The molecule has 2 aromatic rings. The summed E-state index contributed by atoms with van der Waals surface area (Å²) in [5, 5.41) is 0. The minimum Gasteiger partial charge on any atom is -0.370 e. The highest BCUT2D eigenvalue weighted by molar-refractivity contribution is 5.95. The van der Waals surface area contributed by atoms with Crippen molar-refractivity contribution in [2.75, 3.05) is 13.1 Å². The Bertz CT molecular complexity index is 689. The van der Waals surface area contributed by atoms with Crippen molar-refractivity contribution < 1.29 is 18.3 Å². The maximum atomic E-state index is 13.6. The highest BCUT2D eigenvalue weighted by Gasteiger charge is 2.34. The summed E-state index contributed by atoms with van der Waals surface area (Å²) >= 11 is 0. The van der Waals surface area contributed by atoms with Crippen LogP contribution in [0.15, 0.2) is 42.5 Å². The van der Waals surface area contributed by atoms with Crippen LogP contribution in [0.25, 0.3) is 0 Å². The first-order valence-corrected chi connectivity index (χ1v) is 7.45. The molecule has 120 valence electrons. The predicted octanol–water partition coefficient (Wildman–Crippen LogP) is 3.31. The van der Waals surface area contributed by atoms with Gasteiger partial charge in [-0.15, -0.1) is 0 Å². The summed E-state index contributed by atoms with van der Waals surface area (Å²) in [6.07, 6.45) is -0.102. The molecule has 3 rings (SSSR count). The van der Waals surface area contributed by atoms with Gasteiger partial charge in [-0.3, -0.25) is 4.79 Å². The van der Waals surface area contributed by atoms with Gasteiger partial charge in [0.1, 0.15) is 17.2 Å². The predicted molar refractivity (Wildman–Crippen MR) is 82.0 cm³/mol. The van der Waals surface area contributed by atoms with Crippen LogP contribution in [0.4, 0.5) is 8.78 Å². The average Bonchev–Trinajstić information content (AvgIpc) is 2.47. The summed E-state index contributed by atoms with van der Waals surface area (Å²) in [7, 11) is 0. The number of hydrogen-bond donors (Lipinski definition) is 0. The second kappa shape index (κ2) is 6.46. The molecule has 1 fully saturated rings. The largest absolute Gasteiger partial charge is 0.370 e. The summed E-state index contributed by atoms with van der Waals surface area (Å²) in [5.74, 6) is -2.30. The lowest BCUT2D eigenvalue weighted by Crippen LogP contribution is -2.55. The summed E-state index contributed by atoms with van der Waals surface area (Å²) in [6.45, 7) is 3.17. The maximum Gasteiger partial charge on any atom is 0.260 e. The van der Waals surface area contributed by atoms with Crippen LogP contribution in [-0.4, -0.2) is 30.0 Å². The Morgan fingerprint density at radius 1 is 1.13 bits per heavy atom. The zero-order chi connectivity index (χ0) is 16.4.